The highest BCUT2D eigenvalue weighted by atomic mass is 32.2. The molecular weight excluding hydrogens is 286 g/mol. The summed E-state index contributed by atoms with van der Waals surface area (Å²) in [5, 5.41) is 15.0. The highest BCUT2D eigenvalue weighted by molar-refractivity contribution is 7.99. The lowest BCUT2D eigenvalue weighted by molar-refractivity contribution is -0.0287. The molecule has 0 heterocycles. The highest BCUT2D eigenvalue weighted by Crippen LogP contribution is 2.30. The first-order valence-electron chi connectivity index (χ1n) is 6.29. The molecule has 0 unspecified atom stereocenters. The number of carbonyl (C=O) groups excluding carboxylic acids is 1. The van der Waals surface area contributed by atoms with Gasteiger partial charge in [0.2, 0.25) is 0 Å². The van der Waals surface area contributed by atoms with E-state index in [1.807, 2.05) is 0 Å². The number of hydrogen-bond acceptors (Lipinski definition) is 3. The molecule has 20 heavy (non-hydrogen) atoms. The number of alkyl halides is 2. The van der Waals surface area contributed by atoms with E-state index < -0.39 is 17.4 Å². The lowest BCUT2D eigenvalue weighted by Gasteiger charge is -2.36. The molecule has 2 rings (SSSR count). The second-order valence-electron chi connectivity index (χ2n) is 4.79. The van der Waals surface area contributed by atoms with Gasteiger partial charge in [-0.15, -0.1) is 0 Å². The van der Waals surface area contributed by atoms with Crippen LogP contribution in [0.4, 0.5) is 19.3 Å². The number of halogens is 2. The lowest BCUT2D eigenvalue weighted by Crippen LogP contribution is -2.48. The standard InChI is InChI=1S/C13H16F2N2O2S/c14-11(15)20-10-4-2-9(3-5-10)17-12(18)16-8-13(19)6-1-7-13/h2-5,11,19H,1,6-8H2,(H2,16,17,18). The van der Waals surface area contributed by atoms with E-state index >= 15 is 0 Å². The van der Waals surface area contributed by atoms with E-state index in [1.54, 1.807) is 12.1 Å². The fourth-order valence-electron chi connectivity index (χ4n) is 1.90. The molecule has 1 fully saturated rings. The molecular formula is C13H16F2N2O2S. The quantitative estimate of drug-likeness (QED) is 0.733. The second-order valence-corrected chi connectivity index (χ2v) is 5.85. The maximum atomic E-state index is 12.1. The molecule has 2 amide bonds. The van der Waals surface area contributed by atoms with Crippen LogP contribution in [0.1, 0.15) is 19.3 Å². The number of anilines is 1. The first-order chi connectivity index (χ1) is 9.47. The second kappa shape index (κ2) is 6.41. The maximum Gasteiger partial charge on any atom is 0.319 e. The molecule has 0 aliphatic heterocycles. The predicted molar refractivity (Wildman–Crippen MR) is 74.1 cm³/mol. The van der Waals surface area contributed by atoms with Crippen molar-refractivity contribution >= 4 is 23.5 Å². The summed E-state index contributed by atoms with van der Waals surface area (Å²) in [4.78, 5) is 12.0. The zero-order valence-corrected chi connectivity index (χ0v) is 11.6. The van der Waals surface area contributed by atoms with E-state index in [2.05, 4.69) is 10.6 Å². The summed E-state index contributed by atoms with van der Waals surface area (Å²) in [5.74, 6) is -2.46. The van der Waals surface area contributed by atoms with Crippen molar-refractivity contribution in [2.75, 3.05) is 11.9 Å². The van der Waals surface area contributed by atoms with Crippen molar-refractivity contribution in [3.63, 3.8) is 0 Å². The Labute approximate surface area is 119 Å². The molecule has 1 aliphatic rings. The summed E-state index contributed by atoms with van der Waals surface area (Å²) in [7, 11) is 0. The normalized spacial score (nSPS) is 16.6. The molecule has 0 radical (unpaired) electrons. The Bertz CT molecular complexity index is 464. The van der Waals surface area contributed by atoms with Crippen molar-refractivity contribution in [3.8, 4) is 0 Å². The molecule has 3 N–H and O–H groups in total. The monoisotopic (exact) mass is 302 g/mol. The average molecular weight is 302 g/mol. The molecule has 110 valence electrons. The van der Waals surface area contributed by atoms with Crippen LogP contribution in [0.15, 0.2) is 29.2 Å². The maximum absolute atomic E-state index is 12.1. The topological polar surface area (TPSA) is 61.4 Å². The number of rotatable bonds is 5. The van der Waals surface area contributed by atoms with E-state index in [0.717, 1.165) is 6.42 Å². The molecule has 0 saturated heterocycles. The molecule has 0 atom stereocenters. The van der Waals surface area contributed by atoms with Gasteiger partial charge < -0.3 is 15.7 Å². The molecule has 1 aromatic rings. The third kappa shape index (κ3) is 4.35. The Morgan fingerprint density at radius 2 is 2.00 bits per heavy atom. The number of thioether (sulfide) groups is 1. The van der Waals surface area contributed by atoms with Crippen molar-refractivity contribution in [3.05, 3.63) is 24.3 Å². The van der Waals surface area contributed by atoms with Crippen LogP contribution in [0, 0.1) is 0 Å². The third-order valence-electron chi connectivity index (χ3n) is 3.20. The molecule has 1 saturated carbocycles. The minimum Gasteiger partial charge on any atom is -0.388 e. The van der Waals surface area contributed by atoms with Gasteiger partial charge in [-0.25, -0.2) is 4.79 Å². The van der Waals surface area contributed by atoms with Crippen LogP contribution < -0.4 is 10.6 Å². The SMILES string of the molecule is O=C(NCC1(O)CCC1)Nc1ccc(SC(F)F)cc1. The van der Waals surface area contributed by atoms with Crippen molar-refractivity contribution in [2.45, 2.75) is 35.5 Å². The summed E-state index contributed by atoms with van der Waals surface area (Å²) < 4.78 is 24.3. The fraction of sp³-hybridized carbons (Fsp3) is 0.462. The van der Waals surface area contributed by atoms with Gasteiger partial charge >= 0.3 is 6.03 Å². The van der Waals surface area contributed by atoms with Gasteiger partial charge in [-0.2, -0.15) is 8.78 Å². The Hall–Kier alpha value is -1.34. The van der Waals surface area contributed by atoms with E-state index in [0.29, 0.717) is 35.2 Å². The summed E-state index contributed by atoms with van der Waals surface area (Å²) in [6.07, 6.45) is 2.38. The Morgan fingerprint density at radius 3 is 2.50 bits per heavy atom. The van der Waals surface area contributed by atoms with E-state index in [1.165, 1.54) is 12.1 Å². The molecule has 0 bridgehead atoms. The number of urea groups is 1. The fourth-order valence-corrected chi connectivity index (χ4v) is 2.40. The highest BCUT2D eigenvalue weighted by Gasteiger charge is 2.34. The third-order valence-corrected chi connectivity index (χ3v) is 3.92. The molecule has 0 spiro atoms. The van der Waals surface area contributed by atoms with E-state index in [9.17, 15) is 18.7 Å². The van der Waals surface area contributed by atoms with Gasteiger partial charge in [0.25, 0.3) is 5.76 Å². The summed E-state index contributed by atoms with van der Waals surface area (Å²) in [5.41, 5.74) is -0.253. The van der Waals surface area contributed by atoms with Crippen LogP contribution in [0.25, 0.3) is 0 Å². The molecule has 1 aliphatic carbocycles. The number of nitrogens with one attached hydrogen (secondary N) is 2. The molecule has 0 aromatic heterocycles. The number of carbonyl (C=O) groups is 1. The Kier molecular flexibility index (Phi) is 4.82. The van der Waals surface area contributed by atoms with Crippen LogP contribution in [0.2, 0.25) is 0 Å². The van der Waals surface area contributed by atoms with Gasteiger partial charge in [-0.3, -0.25) is 0 Å². The number of amides is 2. The molecule has 1 aromatic carbocycles. The number of benzene rings is 1. The minimum absolute atomic E-state index is 0.220. The van der Waals surface area contributed by atoms with Gasteiger partial charge in [0.15, 0.2) is 0 Å². The predicted octanol–water partition coefficient (Wildman–Crippen LogP) is 3.04. The minimum atomic E-state index is -2.46. The molecule has 4 nitrogen and oxygen atoms in total. The smallest absolute Gasteiger partial charge is 0.319 e. The van der Waals surface area contributed by atoms with Crippen molar-refractivity contribution < 1.29 is 18.7 Å². The summed E-state index contributed by atoms with van der Waals surface area (Å²) in [6.45, 7) is 0.220. The van der Waals surface area contributed by atoms with Gasteiger partial charge in [0.05, 0.1) is 5.60 Å². The summed E-state index contributed by atoms with van der Waals surface area (Å²) in [6, 6.07) is 5.74. The largest absolute Gasteiger partial charge is 0.388 e. The first-order valence-corrected chi connectivity index (χ1v) is 7.17. The van der Waals surface area contributed by atoms with E-state index in [4.69, 9.17) is 0 Å². The van der Waals surface area contributed by atoms with Gasteiger partial charge in [-0.1, -0.05) is 11.8 Å². The van der Waals surface area contributed by atoms with Crippen LogP contribution in [-0.2, 0) is 0 Å². The molecule has 7 heteroatoms. The Morgan fingerprint density at radius 1 is 1.35 bits per heavy atom. The average Bonchev–Trinajstić information content (AvgIpc) is 2.36. The van der Waals surface area contributed by atoms with Crippen LogP contribution >= 0.6 is 11.8 Å². The first kappa shape index (κ1) is 15.1. The van der Waals surface area contributed by atoms with E-state index in [-0.39, 0.29) is 6.54 Å². The van der Waals surface area contributed by atoms with Gasteiger partial charge in [-0.05, 0) is 43.5 Å². The van der Waals surface area contributed by atoms with Gasteiger partial charge in [0.1, 0.15) is 0 Å². The van der Waals surface area contributed by atoms with Crippen LogP contribution in [-0.4, -0.2) is 29.0 Å². The number of aliphatic hydroxyl groups is 1. The zero-order chi connectivity index (χ0) is 14.6. The van der Waals surface area contributed by atoms with Crippen LogP contribution in [0.3, 0.4) is 0 Å². The Balaban J connectivity index is 1.78. The van der Waals surface area contributed by atoms with Crippen molar-refractivity contribution in [1.29, 1.82) is 0 Å². The lowest BCUT2D eigenvalue weighted by atomic mass is 9.80. The number of hydrogen-bond donors (Lipinski definition) is 3. The van der Waals surface area contributed by atoms with Crippen molar-refractivity contribution in [1.82, 2.24) is 5.32 Å². The zero-order valence-electron chi connectivity index (χ0n) is 10.7. The summed E-state index contributed by atoms with van der Waals surface area (Å²) >= 11 is 0.456. The van der Waals surface area contributed by atoms with Crippen molar-refractivity contribution in [2.24, 2.45) is 0 Å². The van der Waals surface area contributed by atoms with Crippen LogP contribution in [0.5, 0.6) is 0 Å². The van der Waals surface area contributed by atoms with Gasteiger partial charge in [0, 0.05) is 17.1 Å².